The summed E-state index contributed by atoms with van der Waals surface area (Å²) in [4.78, 5) is 12.3. The van der Waals surface area contributed by atoms with E-state index in [2.05, 4.69) is 5.10 Å². The molecule has 0 aliphatic heterocycles. The molecule has 3 aromatic rings. The van der Waals surface area contributed by atoms with Crippen molar-refractivity contribution in [1.29, 1.82) is 0 Å². The van der Waals surface area contributed by atoms with E-state index in [4.69, 9.17) is 0 Å². The molecular formula is C18H11F6N3O. The van der Waals surface area contributed by atoms with Crippen molar-refractivity contribution in [2.45, 2.75) is 6.18 Å². The first-order valence-corrected chi connectivity index (χ1v) is 7.72. The zero-order valence-corrected chi connectivity index (χ0v) is 14.1. The zero-order valence-electron chi connectivity index (χ0n) is 14.1. The maximum absolute atomic E-state index is 13.6. The molecule has 0 radical (unpaired) electrons. The summed E-state index contributed by atoms with van der Waals surface area (Å²) in [5, 5.41) is 3.34. The van der Waals surface area contributed by atoms with Crippen LogP contribution in [-0.4, -0.2) is 16.2 Å². The lowest BCUT2D eigenvalue weighted by atomic mass is 10.0. The van der Waals surface area contributed by atoms with E-state index < -0.39 is 35.0 Å². The second-order valence-electron chi connectivity index (χ2n) is 5.78. The Bertz CT molecular complexity index is 1020. The lowest BCUT2D eigenvalue weighted by molar-refractivity contribution is -0.140. The van der Waals surface area contributed by atoms with E-state index in [1.807, 2.05) is 0 Å². The van der Waals surface area contributed by atoms with Crippen LogP contribution in [0.3, 0.4) is 0 Å². The van der Waals surface area contributed by atoms with Gasteiger partial charge in [0.1, 0.15) is 0 Å². The molecule has 3 rings (SSSR count). The van der Waals surface area contributed by atoms with E-state index >= 15 is 0 Å². The number of para-hydroxylation sites is 1. The minimum absolute atomic E-state index is 0.0179. The van der Waals surface area contributed by atoms with Crippen molar-refractivity contribution in [3.63, 3.8) is 0 Å². The molecule has 0 spiro atoms. The Morgan fingerprint density at radius 3 is 2.21 bits per heavy atom. The molecule has 1 amide bonds. The van der Waals surface area contributed by atoms with E-state index in [9.17, 15) is 31.1 Å². The molecule has 0 N–H and O–H groups in total. The van der Waals surface area contributed by atoms with Gasteiger partial charge in [-0.3, -0.25) is 14.4 Å². The van der Waals surface area contributed by atoms with Crippen LogP contribution in [0.4, 0.5) is 37.7 Å². The summed E-state index contributed by atoms with van der Waals surface area (Å²) in [6.07, 6.45) is -3.73. The Morgan fingerprint density at radius 1 is 1.04 bits per heavy atom. The highest BCUT2D eigenvalue weighted by Gasteiger charge is 2.39. The number of halogens is 6. The number of anilines is 2. The van der Waals surface area contributed by atoms with Crippen molar-refractivity contribution in [1.82, 2.24) is 9.78 Å². The quantitative estimate of drug-likeness (QED) is 0.359. The highest BCUT2D eigenvalue weighted by molar-refractivity contribution is 5.94. The van der Waals surface area contributed by atoms with Crippen LogP contribution < -0.4 is 4.90 Å². The van der Waals surface area contributed by atoms with E-state index in [0.717, 1.165) is 10.9 Å². The fraction of sp³-hybridized carbons (Fsp3) is 0.111. The molecule has 28 heavy (non-hydrogen) atoms. The van der Waals surface area contributed by atoms with Crippen molar-refractivity contribution >= 4 is 17.8 Å². The van der Waals surface area contributed by atoms with E-state index in [0.29, 0.717) is 17.0 Å². The molecule has 0 unspecified atom stereocenters. The average Bonchev–Trinajstić information content (AvgIpc) is 3.02. The lowest BCUT2D eigenvalue weighted by Gasteiger charge is -2.21. The third-order valence-electron chi connectivity index (χ3n) is 3.90. The van der Waals surface area contributed by atoms with Crippen molar-refractivity contribution in [2.75, 3.05) is 4.90 Å². The third-order valence-corrected chi connectivity index (χ3v) is 3.90. The van der Waals surface area contributed by atoms with E-state index in [1.165, 1.54) is 31.3 Å². The molecule has 0 saturated carbocycles. The SMILES string of the molecule is Cn1cc(N(C=O)c2ccccc2-c2cc(F)c(F)c(F)c2)c(C(F)(F)F)n1. The van der Waals surface area contributed by atoms with Crippen molar-refractivity contribution in [3.8, 4) is 11.1 Å². The van der Waals surface area contributed by atoms with Crippen LogP contribution >= 0.6 is 0 Å². The van der Waals surface area contributed by atoms with E-state index in [-0.39, 0.29) is 23.2 Å². The van der Waals surface area contributed by atoms with Gasteiger partial charge in [0.15, 0.2) is 23.1 Å². The van der Waals surface area contributed by atoms with Crippen molar-refractivity contribution in [3.05, 3.63) is 65.7 Å². The molecule has 0 aliphatic carbocycles. The van der Waals surface area contributed by atoms with Crippen LogP contribution in [0.2, 0.25) is 0 Å². The molecular weight excluding hydrogens is 388 g/mol. The van der Waals surface area contributed by atoms with Gasteiger partial charge < -0.3 is 0 Å². The Balaban J connectivity index is 2.21. The molecule has 2 aromatic carbocycles. The van der Waals surface area contributed by atoms with Crippen LogP contribution in [0.15, 0.2) is 42.6 Å². The molecule has 0 aliphatic rings. The molecule has 0 atom stereocenters. The molecule has 4 nitrogen and oxygen atoms in total. The number of carbonyl (C=O) groups excluding carboxylic acids is 1. The summed E-state index contributed by atoms with van der Waals surface area (Å²) in [5.41, 5.74) is -2.11. The summed E-state index contributed by atoms with van der Waals surface area (Å²) in [7, 11) is 1.25. The predicted octanol–water partition coefficient (Wildman–Crippen LogP) is 4.82. The van der Waals surface area contributed by atoms with E-state index in [1.54, 1.807) is 0 Å². The highest BCUT2D eigenvalue weighted by Crippen LogP contribution is 2.40. The number of aromatic nitrogens is 2. The van der Waals surface area contributed by atoms with Crippen molar-refractivity contribution < 1.29 is 31.1 Å². The first-order valence-electron chi connectivity index (χ1n) is 7.72. The summed E-state index contributed by atoms with van der Waals surface area (Å²) < 4.78 is 81.3. The number of amides is 1. The Morgan fingerprint density at radius 2 is 1.64 bits per heavy atom. The fourth-order valence-electron chi connectivity index (χ4n) is 2.74. The minimum Gasteiger partial charge on any atom is -0.279 e. The number of carbonyl (C=O) groups is 1. The lowest BCUT2D eigenvalue weighted by Crippen LogP contribution is -2.19. The topological polar surface area (TPSA) is 38.1 Å². The molecule has 146 valence electrons. The first-order chi connectivity index (χ1) is 13.1. The summed E-state index contributed by atoms with van der Waals surface area (Å²) in [5.74, 6) is -4.63. The van der Waals surface area contributed by atoms with Gasteiger partial charge in [-0.05, 0) is 23.8 Å². The Hall–Kier alpha value is -3.30. The predicted molar refractivity (Wildman–Crippen MR) is 88.2 cm³/mol. The number of rotatable bonds is 4. The number of nitrogens with zero attached hydrogens (tertiary/aromatic N) is 3. The molecule has 0 fully saturated rings. The molecule has 1 heterocycles. The first kappa shape index (κ1) is 19.5. The fourth-order valence-corrected chi connectivity index (χ4v) is 2.74. The van der Waals surface area contributed by atoms with Gasteiger partial charge in [0.05, 0.1) is 11.4 Å². The Labute approximate surface area is 154 Å². The number of hydrogen-bond donors (Lipinski definition) is 0. The molecule has 1 aromatic heterocycles. The molecule has 0 saturated heterocycles. The number of hydrogen-bond acceptors (Lipinski definition) is 2. The summed E-state index contributed by atoms with van der Waals surface area (Å²) in [6.45, 7) is 0. The number of aryl methyl sites for hydroxylation is 1. The number of benzene rings is 2. The van der Waals surface area contributed by atoms with Gasteiger partial charge in [-0.15, -0.1) is 0 Å². The van der Waals surface area contributed by atoms with Gasteiger partial charge in [-0.2, -0.15) is 18.3 Å². The van der Waals surface area contributed by atoms with Crippen LogP contribution in [0.1, 0.15) is 5.69 Å². The van der Waals surface area contributed by atoms with Gasteiger partial charge in [-0.1, -0.05) is 18.2 Å². The van der Waals surface area contributed by atoms with Gasteiger partial charge in [-0.25, -0.2) is 13.2 Å². The normalized spacial score (nSPS) is 11.5. The summed E-state index contributed by atoms with van der Waals surface area (Å²) in [6, 6.07) is 6.88. The maximum atomic E-state index is 13.6. The third kappa shape index (κ3) is 3.45. The Kier molecular flexibility index (Phi) is 4.88. The number of alkyl halides is 3. The molecule has 0 bridgehead atoms. The monoisotopic (exact) mass is 399 g/mol. The van der Waals surface area contributed by atoms with Crippen LogP contribution in [0, 0.1) is 17.5 Å². The second kappa shape index (κ2) is 7.02. The van der Waals surface area contributed by atoms with Gasteiger partial charge in [0, 0.05) is 18.8 Å². The smallest absolute Gasteiger partial charge is 0.279 e. The minimum atomic E-state index is -4.85. The summed E-state index contributed by atoms with van der Waals surface area (Å²) >= 11 is 0. The van der Waals surface area contributed by atoms with Crippen LogP contribution in [0.25, 0.3) is 11.1 Å². The second-order valence-corrected chi connectivity index (χ2v) is 5.78. The van der Waals surface area contributed by atoms with Gasteiger partial charge >= 0.3 is 6.18 Å². The highest BCUT2D eigenvalue weighted by atomic mass is 19.4. The average molecular weight is 399 g/mol. The maximum Gasteiger partial charge on any atom is 0.437 e. The van der Waals surface area contributed by atoms with Crippen LogP contribution in [0.5, 0.6) is 0 Å². The zero-order chi connectivity index (χ0) is 20.6. The largest absolute Gasteiger partial charge is 0.437 e. The van der Waals surface area contributed by atoms with Crippen LogP contribution in [-0.2, 0) is 18.0 Å². The standard InChI is InChI=1S/C18H11F6N3O/c1-26-8-15(17(25-26)18(22,23)24)27(9-28)14-5-3-2-4-11(14)10-6-12(19)16(21)13(20)7-10/h2-9H,1H3. The van der Waals surface area contributed by atoms with Gasteiger partial charge in [0.2, 0.25) is 6.41 Å². The van der Waals surface area contributed by atoms with Gasteiger partial charge in [0.25, 0.3) is 0 Å². The molecule has 10 heteroatoms. The van der Waals surface area contributed by atoms with Crippen molar-refractivity contribution in [2.24, 2.45) is 7.05 Å².